The smallest absolute Gasteiger partial charge is 0.317 e. The number of amides is 2. The van der Waals surface area contributed by atoms with Crippen LogP contribution >= 0.6 is 11.6 Å². The maximum absolute atomic E-state index is 13.1. The summed E-state index contributed by atoms with van der Waals surface area (Å²) in [6, 6.07) is 8.47. The molecular weight excluding hydrogens is 358 g/mol. The van der Waals surface area contributed by atoms with Gasteiger partial charge in [0, 0.05) is 29.8 Å². The van der Waals surface area contributed by atoms with E-state index >= 15 is 0 Å². The summed E-state index contributed by atoms with van der Waals surface area (Å²) >= 11 is 6.08. The van der Waals surface area contributed by atoms with Crippen molar-refractivity contribution in [2.75, 3.05) is 25.0 Å². The first-order valence-corrected chi connectivity index (χ1v) is 10.8. The molecule has 0 saturated carbocycles. The monoisotopic (exact) mass is 385 g/mol. The Morgan fingerprint density at radius 3 is 3.00 bits per heavy atom. The molecule has 0 aromatic heterocycles. The third-order valence-corrected chi connectivity index (χ3v) is 7.23. The summed E-state index contributed by atoms with van der Waals surface area (Å²) in [5.74, 6) is 1.28. The Morgan fingerprint density at radius 1 is 1.19 bits per heavy atom. The molecule has 3 fully saturated rings. The molecule has 144 valence electrons. The normalized spacial score (nSPS) is 32.9. The summed E-state index contributed by atoms with van der Waals surface area (Å²) in [7, 11) is 0. The number of anilines is 1. The quantitative estimate of drug-likeness (QED) is 0.707. The van der Waals surface area contributed by atoms with Crippen molar-refractivity contribution in [3.63, 3.8) is 0 Å². The molecule has 5 heteroatoms. The fraction of sp³-hybridized carbons (Fsp3) is 0.591. The van der Waals surface area contributed by atoms with E-state index in [9.17, 15) is 4.79 Å². The number of hydrogen-bond acceptors (Lipinski definition) is 2. The highest BCUT2D eigenvalue weighted by Crippen LogP contribution is 2.45. The van der Waals surface area contributed by atoms with Crippen LogP contribution in [0, 0.1) is 11.8 Å². The van der Waals surface area contributed by atoms with Gasteiger partial charge in [-0.3, -0.25) is 4.90 Å². The molecule has 1 aromatic rings. The van der Waals surface area contributed by atoms with Crippen LogP contribution in [0.2, 0.25) is 5.02 Å². The van der Waals surface area contributed by atoms with Crippen LogP contribution in [-0.2, 0) is 0 Å². The predicted molar refractivity (Wildman–Crippen MR) is 109 cm³/mol. The lowest BCUT2D eigenvalue weighted by Crippen LogP contribution is -2.60. The molecule has 0 unspecified atom stereocenters. The summed E-state index contributed by atoms with van der Waals surface area (Å²) in [6.07, 6.45) is 10.1. The van der Waals surface area contributed by atoms with Gasteiger partial charge in [-0.2, -0.15) is 0 Å². The van der Waals surface area contributed by atoms with Crippen LogP contribution in [0.1, 0.15) is 38.5 Å². The van der Waals surface area contributed by atoms with Gasteiger partial charge in [0.2, 0.25) is 0 Å². The van der Waals surface area contributed by atoms with Crippen molar-refractivity contribution in [3.8, 4) is 0 Å². The standard InChI is InChI=1S/C22H28ClN3O/c23-18-6-3-7-19(13-18)24-22(27)26-10-4-5-15-11-16-12-17(21(15)26)14-25-9-2-1-8-20(16)25/h3,6-7,11,13,16-17,20-21H,1-2,4-5,8-10,12,14H2,(H,24,27)/t16-,17-,20-,21-/m1/s1. The van der Waals surface area contributed by atoms with Crippen molar-refractivity contribution < 1.29 is 4.79 Å². The van der Waals surface area contributed by atoms with Crippen LogP contribution in [0.25, 0.3) is 0 Å². The van der Waals surface area contributed by atoms with Crippen LogP contribution in [0.3, 0.4) is 0 Å². The fourth-order valence-electron chi connectivity index (χ4n) is 5.96. The predicted octanol–water partition coefficient (Wildman–Crippen LogP) is 4.77. The van der Waals surface area contributed by atoms with Crippen LogP contribution in [0.4, 0.5) is 10.5 Å². The number of fused-ring (bicyclic) bond motifs is 6. The molecule has 4 aliphatic rings. The Balaban J connectivity index is 1.39. The Labute approximate surface area is 166 Å². The van der Waals surface area contributed by atoms with Gasteiger partial charge in [-0.15, -0.1) is 0 Å². The Morgan fingerprint density at radius 2 is 2.11 bits per heavy atom. The minimum atomic E-state index is 0.0204. The van der Waals surface area contributed by atoms with Gasteiger partial charge in [-0.25, -0.2) is 4.79 Å². The highest BCUT2D eigenvalue weighted by atomic mass is 35.5. The lowest BCUT2D eigenvalue weighted by atomic mass is 9.68. The van der Waals surface area contributed by atoms with Gasteiger partial charge in [-0.05, 0) is 68.7 Å². The van der Waals surface area contributed by atoms with E-state index in [1.165, 1.54) is 37.8 Å². The number of hydrogen-bond donors (Lipinski definition) is 1. The molecule has 0 radical (unpaired) electrons. The molecular formula is C22H28ClN3O. The van der Waals surface area contributed by atoms with Crippen molar-refractivity contribution in [1.82, 2.24) is 9.80 Å². The Kier molecular flexibility index (Phi) is 4.65. The van der Waals surface area contributed by atoms with Crippen LogP contribution < -0.4 is 5.32 Å². The highest BCUT2D eigenvalue weighted by Gasteiger charge is 2.46. The molecule has 4 atom stereocenters. The van der Waals surface area contributed by atoms with Crippen LogP contribution in [-0.4, -0.2) is 47.5 Å². The molecule has 3 aliphatic heterocycles. The third kappa shape index (κ3) is 3.27. The van der Waals surface area contributed by atoms with Crippen LogP contribution in [0.5, 0.6) is 0 Å². The average Bonchev–Trinajstić information content (AvgIpc) is 2.67. The van der Waals surface area contributed by atoms with E-state index in [2.05, 4.69) is 21.2 Å². The second-order valence-corrected chi connectivity index (χ2v) is 9.08. The van der Waals surface area contributed by atoms with E-state index in [0.29, 0.717) is 16.9 Å². The molecule has 1 aromatic carbocycles. The van der Waals surface area contributed by atoms with Crippen molar-refractivity contribution in [3.05, 3.63) is 40.9 Å². The summed E-state index contributed by atoms with van der Waals surface area (Å²) in [5, 5.41) is 3.73. The highest BCUT2D eigenvalue weighted by molar-refractivity contribution is 6.30. The topological polar surface area (TPSA) is 35.6 Å². The first kappa shape index (κ1) is 17.6. The first-order chi connectivity index (χ1) is 13.2. The van der Waals surface area contributed by atoms with Crippen molar-refractivity contribution in [2.45, 2.75) is 50.6 Å². The number of carbonyl (C=O) groups is 1. The number of nitrogens with zero attached hydrogens (tertiary/aromatic N) is 2. The SMILES string of the molecule is O=C(Nc1cccc(Cl)c1)N1CCCC2=C[C@@H]3C[C@H](CN4CCCC[C@H]34)[C@@H]21. The van der Waals surface area contributed by atoms with Gasteiger partial charge in [0.25, 0.3) is 0 Å². The number of piperidine rings is 3. The van der Waals surface area contributed by atoms with Gasteiger partial charge >= 0.3 is 6.03 Å². The van der Waals surface area contributed by atoms with Crippen molar-refractivity contribution in [1.29, 1.82) is 0 Å². The number of halogens is 1. The second kappa shape index (κ2) is 7.14. The van der Waals surface area contributed by atoms with Gasteiger partial charge in [0.1, 0.15) is 0 Å². The first-order valence-electron chi connectivity index (χ1n) is 10.5. The van der Waals surface area contributed by atoms with Gasteiger partial charge in [0.15, 0.2) is 0 Å². The number of carbonyl (C=O) groups excluding carboxylic acids is 1. The molecule has 27 heavy (non-hydrogen) atoms. The number of urea groups is 1. The van der Waals surface area contributed by atoms with Gasteiger partial charge in [-0.1, -0.05) is 35.7 Å². The second-order valence-electron chi connectivity index (χ2n) is 8.64. The molecule has 3 saturated heterocycles. The number of nitrogens with one attached hydrogen (secondary N) is 1. The molecule has 3 heterocycles. The van der Waals surface area contributed by atoms with E-state index in [4.69, 9.17) is 11.6 Å². The summed E-state index contributed by atoms with van der Waals surface area (Å²) < 4.78 is 0. The summed E-state index contributed by atoms with van der Waals surface area (Å²) in [6.45, 7) is 3.24. The fourth-order valence-corrected chi connectivity index (χ4v) is 6.15. The van der Waals surface area contributed by atoms with E-state index < -0.39 is 0 Å². The van der Waals surface area contributed by atoms with Crippen molar-refractivity contribution >= 4 is 23.3 Å². The molecule has 1 aliphatic carbocycles. The summed E-state index contributed by atoms with van der Waals surface area (Å²) in [4.78, 5) is 17.9. The van der Waals surface area contributed by atoms with Crippen LogP contribution in [0.15, 0.2) is 35.9 Å². The third-order valence-electron chi connectivity index (χ3n) is 6.99. The lowest BCUT2D eigenvalue weighted by molar-refractivity contribution is 0.00908. The number of likely N-dealkylation sites (tertiary alicyclic amines) is 1. The average molecular weight is 386 g/mol. The molecule has 5 rings (SSSR count). The molecule has 2 amide bonds. The van der Waals surface area contributed by atoms with Gasteiger partial charge < -0.3 is 10.2 Å². The van der Waals surface area contributed by atoms with Gasteiger partial charge in [0.05, 0.1) is 6.04 Å². The molecule has 2 bridgehead atoms. The largest absolute Gasteiger partial charge is 0.322 e. The zero-order chi connectivity index (χ0) is 18.4. The van der Waals surface area contributed by atoms with Crippen molar-refractivity contribution in [2.24, 2.45) is 11.8 Å². The van der Waals surface area contributed by atoms with E-state index in [1.54, 1.807) is 0 Å². The lowest BCUT2D eigenvalue weighted by Gasteiger charge is -2.54. The van der Waals surface area contributed by atoms with E-state index in [0.717, 1.165) is 37.7 Å². The summed E-state index contributed by atoms with van der Waals surface area (Å²) in [5.41, 5.74) is 2.30. The molecule has 0 spiro atoms. The number of rotatable bonds is 1. The molecule has 1 N–H and O–H groups in total. The van der Waals surface area contributed by atoms with E-state index in [-0.39, 0.29) is 12.1 Å². The minimum absolute atomic E-state index is 0.0204. The maximum atomic E-state index is 13.1. The maximum Gasteiger partial charge on any atom is 0.322 e. The van der Waals surface area contributed by atoms with E-state index in [1.807, 2.05) is 24.3 Å². The Hall–Kier alpha value is -1.52. The minimum Gasteiger partial charge on any atom is -0.317 e. The Bertz CT molecular complexity index is 764. The number of benzene rings is 1. The molecule has 4 nitrogen and oxygen atoms in total. The zero-order valence-electron chi connectivity index (χ0n) is 15.7. The zero-order valence-corrected chi connectivity index (χ0v) is 16.5.